The van der Waals surface area contributed by atoms with E-state index in [0.717, 1.165) is 30.5 Å². The van der Waals surface area contributed by atoms with E-state index in [9.17, 15) is 0 Å². The Morgan fingerprint density at radius 1 is 1.33 bits per heavy atom. The van der Waals surface area contributed by atoms with Crippen LogP contribution < -0.4 is 5.32 Å². The van der Waals surface area contributed by atoms with Crippen molar-refractivity contribution in [2.75, 3.05) is 6.54 Å². The highest BCUT2D eigenvalue weighted by atomic mass is 14.9. The van der Waals surface area contributed by atoms with Crippen LogP contribution in [0, 0.1) is 5.41 Å². The van der Waals surface area contributed by atoms with E-state index in [1.807, 2.05) is 18.4 Å². The van der Waals surface area contributed by atoms with Gasteiger partial charge in [0.25, 0.3) is 0 Å². The second kappa shape index (κ2) is 7.53. The van der Waals surface area contributed by atoms with Gasteiger partial charge in [-0.25, -0.2) is 0 Å². The molecule has 1 nitrogen and oxygen atoms in total. The highest BCUT2D eigenvalue weighted by Crippen LogP contribution is 2.54. The van der Waals surface area contributed by atoms with Gasteiger partial charge in [0, 0.05) is 12.0 Å². The van der Waals surface area contributed by atoms with Crippen molar-refractivity contribution in [1.82, 2.24) is 5.32 Å². The Kier molecular flexibility index (Phi) is 5.66. The lowest BCUT2D eigenvalue weighted by Gasteiger charge is -2.36. The Morgan fingerprint density at radius 2 is 2.08 bits per heavy atom. The van der Waals surface area contributed by atoms with Crippen LogP contribution >= 0.6 is 0 Å². The fourth-order valence-electron chi connectivity index (χ4n) is 3.76. The van der Waals surface area contributed by atoms with Crippen LogP contribution in [0.5, 0.6) is 0 Å². The summed E-state index contributed by atoms with van der Waals surface area (Å²) in [7, 11) is 0. The number of allylic oxidation sites excluding steroid dienone is 10. The summed E-state index contributed by atoms with van der Waals surface area (Å²) in [6, 6.07) is 0. The minimum atomic E-state index is -0.0789. The maximum Gasteiger partial charge on any atom is 0.0383 e. The van der Waals surface area contributed by atoms with E-state index in [1.54, 1.807) is 0 Å². The summed E-state index contributed by atoms with van der Waals surface area (Å²) in [4.78, 5) is 0. The van der Waals surface area contributed by atoms with E-state index in [2.05, 4.69) is 70.1 Å². The van der Waals surface area contributed by atoms with Gasteiger partial charge in [-0.2, -0.15) is 0 Å². The van der Waals surface area contributed by atoms with Crippen LogP contribution in [0.3, 0.4) is 0 Å². The smallest absolute Gasteiger partial charge is 0.0383 e. The van der Waals surface area contributed by atoms with Crippen LogP contribution in [-0.2, 0) is 0 Å². The fraction of sp³-hybridized carbons (Fsp3) is 0.304. The van der Waals surface area contributed by atoms with Crippen molar-refractivity contribution in [3.63, 3.8) is 0 Å². The molecular formula is C23H29N. The number of hydrogen-bond donors (Lipinski definition) is 1. The molecule has 1 heterocycles. The molecule has 0 aromatic heterocycles. The van der Waals surface area contributed by atoms with E-state index in [1.165, 1.54) is 22.3 Å². The third-order valence-electron chi connectivity index (χ3n) is 5.02. The van der Waals surface area contributed by atoms with Gasteiger partial charge >= 0.3 is 0 Å². The summed E-state index contributed by atoms with van der Waals surface area (Å²) in [5, 5.41) is 3.48. The average molecular weight is 319 g/mol. The summed E-state index contributed by atoms with van der Waals surface area (Å²) in [5.74, 6) is 0. The van der Waals surface area contributed by atoms with Crippen molar-refractivity contribution in [2.24, 2.45) is 5.41 Å². The molecule has 1 N–H and O–H groups in total. The van der Waals surface area contributed by atoms with Gasteiger partial charge in [-0.15, -0.1) is 0 Å². The van der Waals surface area contributed by atoms with Crippen molar-refractivity contribution in [3.8, 4) is 0 Å². The van der Waals surface area contributed by atoms with Crippen molar-refractivity contribution in [1.29, 1.82) is 0 Å². The van der Waals surface area contributed by atoms with E-state index in [4.69, 9.17) is 0 Å². The summed E-state index contributed by atoms with van der Waals surface area (Å²) in [5.41, 5.74) is 7.39. The molecule has 0 saturated carbocycles. The van der Waals surface area contributed by atoms with E-state index in [0.29, 0.717) is 0 Å². The normalized spacial score (nSPS) is 29.5. The van der Waals surface area contributed by atoms with Crippen molar-refractivity contribution >= 4 is 0 Å². The minimum absolute atomic E-state index is 0.0789. The zero-order chi connectivity index (χ0) is 17.7. The van der Waals surface area contributed by atoms with Gasteiger partial charge in [-0.05, 0) is 66.8 Å². The summed E-state index contributed by atoms with van der Waals surface area (Å²) < 4.78 is 0. The van der Waals surface area contributed by atoms with Gasteiger partial charge < -0.3 is 5.32 Å². The van der Waals surface area contributed by atoms with E-state index in [-0.39, 0.29) is 5.41 Å². The molecule has 2 aliphatic rings. The predicted molar refractivity (Wildman–Crippen MR) is 107 cm³/mol. The number of nitrogens with one attached hydrogen (secondary N) is 1. The highest BCUT2D eigenvalue weighted by Gasteiger charge is 2.44. The van der Waals surface area contributed by atoms with E-state index < -0.39 is 0 Å². The molecule has 1 unspecified atom stereocenters. The molecule has 126 valence electrons. The first-order valence-corrected chi connectivity index (χ1v) is 8.67. The lowest BCUT2D eigenvalue weighted by molar-refractivity contribution is 0.428. The molecule has 1 atom stereocenters. The molecule has 0 fully saturated rings. The summed E-state index contributed by atoms with van der Waals surface area (Å²) >= 11 is 0. The van der Waals surface area contributed by atoms with Crippen LogP contribution in [0.2, 0.25) is 0 Å². The topological polar surface area (TPSA) is 12.0 Å². The first-order valence-electron chi connectivity index (χ1n) is 8.67. The average Bonchev–Trinajstić information content (AvgIpc) is 2.75. The number of hydrogen-bond acceptors (Lipinski definition) is 1. The molecule has 0 aromatic rings. The minimum Gasteiger partial charge on any atom is -0.390 e. The first-order chi connectivity index (χ1) is 11.5. The Hall–Kier alpha value is -2.28. The van der Waals surface area contributed by atoms with Gasteiger partial charge in [-0.3, -0.25) is 0 Å². The Bertz CT molecular complexity index is 706. The fourth-order valence-corrected chi connectivity index (χ4v) is 3.76. The molecule has 1 heteroatoms. The van der Waals surface area contributed by atoms with Crippen LogP contribution in [0.25, 0.3) is 0 Å². The van der Waals surface area contributed by atoms with Crippen molar-refractivity contribution in [2.45, 2.75) is 33.6 Å². The summed E-state index contributed by atoms with van der Waals surface area (Å²) in [6.07, 6.45) is 16.6. The molecule has 0 radical (unpaired) electrons. The monoisotopic (exact) mass is 319 g/mol. The lowest BCUT2D eigenvalue weighted by Crippen LogP contribution is -2.35. The van der Waals surface area contributed by atoms with Crippen molar-refractivity contribution in [3.05, 3.63) is 95.8 Å². The predicted octanol–water partition coefficient (Wildman–Crippen LogP) is 5.95. The van der Waals surface area contributed by atoms with Gasteiger partial charge in [0.15, 0.2) is 0 Å². The third-order valence-corrected chi connectivity index (χ3v) is 5.02. The second-order valence-corrected chi connectivity index (χ2v) is 6.48. The molecule has 0 saturated heterocycles. The van der Waals surface area contributed by atoms with Crippen LogP contribution in [0.15, 0.2) is 95.8 Å². The van der Waals surface area contributed by atoms with Gasteiger partial charge in [0.05, 0.1) is 0 Å². The lowest BCUT2D eigenvalue weighted by atomic mass is 9.71. The Labute approximate surface area is 147 Å². The molecular weight excluding hydrogens is 290 g/mol. The first kappa shape index (κ1) is 18.1. The van der Waals surface area contributed by atoms with Crippen LogP contribution in [0.1, 0.15) is 33.6 Å². The SMILES string of the molecule is C=C/C=C1/C(/C=C\C)=C(C)C2(CN/C=C\C(=C)C(=C)C2)/C1=C/CC. The molecule has 0 aromatic carbocycles. The Morgan fingerprint density at radius 3 is 2.71 bits per heavy atom. The number of rotatable bonds is 3. The second-order valence-electron chi connectivity index (χ2n) is 6.48. The molecule has 1 aliphatic heterocycles. The van der Waals surface area contributed by atoms with Gasteiger partial charge in [-0.1, -0.05) is 62.6 Å². The highest BCUT2D eigenvalue weighted by molar-refractivity contribution is 5.67. The van der Waals surface area contributed by atoms with E-state index >= 15 is 0 Å². The zero-order valence-corrected chi connectivity index (χ0v) is 15.3. The van der Waals surface area contributed by atoms with Gasteiger partial charge in [0.1, 0.15) is 0 Å². The quantitative estimate of drug-likeness (QED) is 0.678. The maximum atomic E-state index is 4.30. The van der Waals surface area contributed by atoms with Crippen LogP contribution in [-0.4, -0.2) is 6.54 Å². The largest absolute Gasteiger partial charge is 0.390 e. The molecule has 24 heavy (non-hydrogen) atoms. The maximum absolute atomic E-state index is 4.30. The zero-order valence-electron chi connectivity index (χ0n) is 15.3. The van der Waals surface area contributed by atoms with Crippen molar-refractivity contribution < 1.29 is 0 Å². The molecule has 0 amide bonds. The van der Waals surface area contributed by atoms with Gasteiger partial charge in [0.2, 0.25) is 0 Å². The standard InChI is InChI=1S/C23H29N/c1-7-10-20-19(6)23(22(12-9-3)21(20)11-8-2)15-18(5)17(4)13-14-24-16-23/h7-8,10-14,24H,2,4-5,9,15-16H2,1,3,6H3/b10-7-,14-13-,21-11-,22-12+. The molecule has 1 aliphatic carbocycles. The molecule has 2 rings (SSSR count). The third kappa shape index (κ3) is 3.03. The summed E-state index contributed by atoms with van der Waals surface area (Å²) in [6.45, 7) is 19.8. The molecule has 1 spiro atoms. The molecule has 0 bridgehead atoms. The Balaban J connectivity index is 2.72. The van der Waals surface area contributed by atoms with Crippen LogP contribution in [0.4, 0.5) is 0 Å².